The van der Waals surface area contributed by atoms with Crippen molar-refractivity contribution in [3.05, 3.63) is 59.7 Å². The first kappa shape index (κ1) is 24.0. The Labute approximate surface area is 189 Å². The van der Waals surface area contributed by atoms with Crippen molar-refractivity contribution in [1.82, 2.24) is 19.1 Å². The number of Topliss-reactive ketones (excluding diaryl/α,β-unsaturated/α-hetero) is 1. The van der Waals surface area contributed by atoms with E-state index in [1.165, 1.54) is 16.4 Å². The van der Waals surface area contributed by atoms with Crippen LogP contribution in [-0.4, -0.2) is 52.1 Å². The second-order valence-electron chi connectivity index (χ2n) is 6.82. The Hall–Kier alpha value is -2.63. The van der Waals surface area contributed by atoms with Crippen molar-refractivity contribution < 1.29 is 22.0 Å². The molecule has 0 aliphatic rings. The molecule has 2 aromatic carbocycles. The van der Waals surface area contributed by atoms with E-state index in [1.807, 2.05) is 0 Å². The zero-order valence-electron chi connectivity index (χ0n) is 17.7. The summed E-state index contributed by atoms with van der Waals surface area (Å²) in [7, 11) is -1.93. The molecule has 0 saturated carbocycles. The quantitative estimate of drug-likeness (QED) is 0.342. The van der Waals surface area contributed by atoms with E-state index < -0.39 is 21.7 Å². The lowest BCUT2D eigenvalue weighted by Gasteiger charge is -2.18. The van der Waals surface area contributed by atoms with Gasteiger partial charge in [-0.1, -0.05) is 37.7 Å². The zero-order valence-corrected chi connectivity index (χ0v) is 19.4. The molecule has 7 nitrogen and oxygen atoms in total. The van der Waals surface area contributed by atoms with Gasteiger partial charge in [-0.25, -0.2) is 17.2 Å². The molecule has 0 N–H and O–H groups in total. The number of halogens is 2. The Kier molecular flexibility index (Phi) is 7.42. The summed E-state index contributed by atoms with van der Waals surface area (Å²) in [6.45, 7) is 4.27. The number of benzene rings is 2. The Bertz CT molecular complexity index is 1240. The lowest BCUT2D eigenvalue weighted by atomic mass is 10.1. The number of aromatic nitrogens is 3. The molecule has 11 heteroatoms. The molecule has 3 aromatic rings. The number of ketones is 1. The standard InChI is InChI=1S/C21H22F2N4O3S2/c1-4-27(5-2)32(29,30)16-8-6-7-15(11-16)20-24-25-21(26(20)3)31-13-19(28)14-9-10-17(22)18(23)12-14/h6-12H,4-5,13H2,1-3H3. The molecule has 170 valence electrons. The number of carbonyl (C=O) groups is 1. The molecule has 1 aromatic heterocycles. The number of sulfonamides is 1. The lowest BCUT2D eigenvalue weighted by Crippen LogP contribution is -2.30. The van der Waals surface area contributed by atoms with E-state index in [4.69, 9.17) is 0 Å². The molecule has 0 radical (unpaired) electrons. The fourth-order valence-electron chi connectivity index (χ4n) is 3.08. The predicted octanol–water partition coefficient (Wildman–Crippen LogP) is 3.77. The molecule has 32 heavy (non-hydrogen) atoms. The number of rotatable bonds is 9. The van der Waals surface area contributed by atoms with Crippen LogP contribution in [0.25, 0.3) is 11.4 Å². The smallest absolute Gasteiger partial charge is 0.243 e. The summed E-state index contributed by atoms with van der Waals surface area (Å²) in [4.78, 5) is 12.5. The first-order valence-electron chi connectivity index (χ1n) is 9.80. The van der Waals surface area contributed by atoms with Crippen LogP contribution in [-0.2, 0) is 17.1 Å². The number of thioether (sulfide) groups is 1. The Morgan fingerprint density at radius 1 is 1.06 bits per heavy atom. The molecular formula is C21H22F2N4O3S2. The summed E-state index contributed by atoms with van der Waals surface area (Å²) in [6.07, 6.45) is 0. The van der Waals surface area contributed by atoms with Crippen molar-refractivity contribution in [3.8, 4) is 11.4 Å². The van der Waals surface area contributed by atoms with E-state index in [0.29, 0.717) is 29.6 Å². The van der Waals surface area contributed by atoms with Crippen LogP contribution in [0.4, 0.5) is 8.78 Å². The maximum absolute atomic E-state index is 13.4. The summed E-state index contributed by atoms with van der Waals surface area (Å²) in [5.74, 6) is -2.10. The topological polar surface area (TPSA) is 85.2 Å². The predicted molar refractivity (Wildman–Crippen MR) is 118 cm³/mol. The molecule has 0 saturated heterocycles. The Morgan fingerprint density at radius 3 is 2.44 bits per heavy atom. The fraction of sp³-hybridized carbons (Fsp3) is 0.286. The first-order valence-corrected chi connectivity index (χ1v) is 12.2. The normalized spacial score (nSPS) is 11.8. The molecule has 0 spiro atoms. The van der Waals surface area contributed by atoms with Gasteiger partial charge in [0.15, 0.2) is 28.4 Å². The van der Waals surface area contributed by atoms with Gasteiger partial charge in [-0.2, -0.15) is 4.31 Å². The van der Waals surface area contributed by atoms with Crippen molar-refractivity contribution >= 4 is 27.6 Å². The van der Waals surface area contributed by atoms with Gasteiger partial charge in [0.1, 0.15) is 0 Å². The fourth-order valence-corrected chi connectivity index (χ4v) is 5.39. The van der Waals surface area contributed by atoms with E-state index in [-0.39, 0.29) is 22.0 Å². The van der Waals surface area contributed by atoms with Crippen molar-refractivity contribution in [2.45, 2.75) is 23.9 Å². The zero-order chi connectivity index (χ0) is 23.5. The summed E-state index contributed by atoms with van der Waals surface area (Å²) in [6, 6.07) is 9.44. The van der Waals surface area contributed by atoms with Crippen LogP contribution in [0.5, 0.6) is 0 Å². The number of hydrogen-bond acceptors (Lipinski definition) is 6. The van der Waals surface area contributed by atoms with Crippen LogP contribution in [0.1, 0.15) is 24.2 Å². The average Bonchev–Trinajstić information content (AvgIpc) is 3.15. The van der Waals surface area contributed by atoms with Crippen molar-refractivity contribution in [2.24, 2.45) is 7.05 Å². The highest BCUT2D eigenvalue weighted by atomic mass is 32.2. The van der Waals surface area contributed by atoms with Crippen LogP contribution >= 0.6 is 11.8 Å². The molecule has 0 aliphatic heterocycles. The third-order valence-corrected chi connectivity index (χ3v) is 7.91. The second kappa shape index (κ2) is 9.88. The molecular weight excluding hydrogens is 458 g/mol. The van der Waals surface area contributed by atoms with Gasteiger partial charge in [0, 0.05) is 31.3 Å². The summed E-state index contributed by atoms with van der Waals surface area (Å²) < 4.78 is 55.1. The number of carbonyl (C=O) groups excluding carboxylic acids is 1. The molecule has 0 unspecified atom stereocenters. The van der Waals surface area contributed by atoms with Gasteiger partial charge in [0.25, 0.3) is 0 Å². The van der Waals surface area contributed by atoms with Gasteiger partial charge in [0.2, 0.25) is 10.0 Å². The molecule has 1 heterocycles. The monoisotopic (exact) mass is 480 g/mol. The summed E-state index contributed by atoms with van der Waals surface area (Å²) in [5, 5.41) is 8.64. The van der Waals surface area contributed by atoms with Crippen molar-refractivity contribution in [2.75, 3.05) is 18.8 Å². The van der Waals surface area contributed by atoms with Crippen molar-refractivity contribution in [1.29, 1.82) is 0 Å². The Balaban J connectivity index is 1.80. The maximum atomic E-state index is 13.4. The molecule has 0 aliphatic carbocycles. The lowest BCUT2D eigenvalue weighted by molar-refractivity contribution is 0.102. The summed E-state index contributed by atoms with van der Waals surface area (Å²) in [5.41, 5.74) is 0.625. The van der Waals surface area contributed by atoms with Crippen molar-refractivity contribution in [3.63, 3.8) is 0 Å². The van der Waals surface area contributed by atoms with Gasteiger partial charge in [-0.05, 0) is 30.3 Å². The highest BCUT2D eigenvalue weighted by molar-refractivity contribution is 7.99. The van der Waals surface area contributed by atoms with Gasteiger partial charge >= 0.3 is 0 Å². The van der Waals surface area contributed by atoms with E-state index in [1.54, 1.807) is 43.7 Å². The third-order valence-electron chi connectivity index (χ3n) is 4.84. The minimum absolute atomic E-state index is 0.0482. The Morgan fingerprint density at radius 2 is 1.78 bits per heavy atom. The van der Waals surface area contributed by atoms with Gasteiger partial charge in [-0.3, -0.25) is 4.79 Å². The van der Waals surface area contributed by atoms with Gasteiger partial charge in [0.05, 0.1) is 10.6 Å². The highest BCUT2D eigenvalue weighted by Gasteiger charge is 2.23. The van der Waals surface area contributed by atoms with Crippen LogP contribution < -0.4 is 0 Å². The van der Waals surface area contributed by atoms with Crippen LogP contribution in [0.2, 0.25) is 0 Å². The number of hydrogen-bond donors (Lipinski definition) is 0. The second-order valence-corrected chi connectivity index (χ2v) is 9.70. The van der Waals surface area contributed by atoms with Crippen LogP contribution in [0.15, 0.2) is 52.5 Å². The maximum Gasteiger partial charge on any atom is 0.243 e. The minimum atomic E-state index is -3.63. The van der Waals surface area contributed by atoms with Crippen LogP contribution in [0, 0.1) is 11.6 Å². The molecule has 0 bridgehead atoms. The van der Waals surface area contributed by atoms with Crippen LogP contribution in [0.3, 0.4) is 0 Å². The van der Waals surface area contributed by atoms with E-state index in [0.717, 1.165) is 23.9 Å². The average molecular weight is 481 g/mol. The van der Waals surface area contributed by atoms with E-state index in [9.17, 15) is 22.0 Å². The highest BCUT2D eigenvalue weighted by Crippen LogP contribution is 2.26. The third kappa shape index (κ3) is 4.89. The van der Waals surface area contributed by atoms with E-state index >= 15 is 0 Å². The molecule has 0 amide bonds. The van der Waals surface area contributed by atoms with Gasteiger partial charge < -0.3 is 4.57 Å². The molecule has 0 atom stereocenters. The minimum Gasteiger partial charge on any atom is -0.305 e. The molecule has 3 rings (SSSR count). The largest absolute Gasteiger partial charge is 0.305 e. The molecule has 0 fully saturated rings. The SMILES string of the molecule is CCN(CC)S(=O)(=O)c1cccc(-c2nnc(SCC(=O)c3ccc(F)c(F)c3)n2C)c1. The summed E-state index contributed by atoms with van der Waals surface area (Å²) >= 11 is 1.09. The van der Waals surface area contributed by atoms with E-state index in [2.05, 4.69) is 10.2 Å². The number of nitrogens with zero attached hydrogens (tertiary/aromatic N) is 4. The first-order chi connectivity index (χ1) is 15.2. The van der Waals surface area contributed by atoms with Gasteiger partial charge in [-0.15, -0.1) is 10.2 Å².